The summed E-state index contributed by atoms with van der Waals surface area (Å²) in [6.07, 6.45) is 1.98. The number of aromatic nitrogens is 1. The molecule has 0 N–H and O–H groups in total. The van der Waals surface area contributed by atoms with Gasteiger partial charge in [-0.05, 0) is 78.9 Å². The fourth-order valence-corrected chi connectivity index (χ4v) is 6.55. The van der Waals surface area contributed by atoms with E-state index in [-0.39, 0.29) is 5.41 Å². The summed E-state index contributed by atoms with van der Waals surface area (Å²) in [5.74, 6) is 0.425. The molecule has 0 bridgehead atoms. The number of hydrogen-bond donors (Lipinski definition) is 0. The Bertz CT molecular complexity index is 1840. The van der Waals surface area contributed by atoms with Crippen LogP contribution in [0.15, 0.2) is 97.2 Å². The highest BCUT2D eigenvalue weighted by Gasteiger charge is 2.38. The van der Waals surface area contributed by atoms with Crippen molar-refractivity contribution in [1.29, 1.82) is 0 Å². The van der Waals surface area contributed by atoms with Crippen LogP contribution < -0.4 is 0 Å². The van der Waals surface area contributed by atoms with Gasteiger partial charge in [-0.15, -0.1) is 0 Å². The van der Waals surface area contributed by atoms with Crippen LogP contribution in [0.3, 0.4) is 0 Å². The highest BCUT2D eigenvalue weighted by Crippen LogP contribution is 2.52. The van der Waals surface area contributed by atoms with Gasteiger partial charge in [0.05, 0.1) is 5.69 Å². The lowest BCUT2D eigenvalue weighted by Crippen LogP contribution is -2.18. The quantitative estimate of drug-likeness (QED) is 0.233. The molecular formula is C35H29N. The summed E-state index contributed by atoms with van der Waals surface area (Å²) < 4.78 is 0. The van der Waals surface area contributed by atoms with Gasteiger partial charge in [0, 0.05) is 22.6 Å². The van der Waals surface area contributed by atoms with E-state index in [4.69, 9.17) is 4.98 Å². The van der Waals surface area contributed by atoms with E-state index < -0.39 is 0 Å². The van der Waals surface area contributed by atoms with Gasteiger partial charge in [0.25, 0.3) is 0 Å². The van der Waals surface area contributed by atoms with Crippen molar-refractivity contribution >= 4 is 32.3 Å². The minimum Gasteiger partial charge on any atom is -0.256 e. The van der Waals surface area contributed by atoms with Crippen LogP contribution in [0.4, 0.5) is 0 Å². The highest BCUT2D eigenvalue weighted by atomic mass is 14.7. The van der Waals surface area contributed by atoms with Crippen molar-refractivity contribution in [2.75, 3.05) is 0 Å². The Morgan fingerprint density at radius 1 is 0.639 bits per heavy atom. The average Bonchev–Trinajstić information content (AvgIpc) is 3.14. The Morgan fingerprint density at radius 2 is 1.33 bits per heavy atom. The second kappa shape index (κ2) is 7.51. The van der Waals surface area contributed by atoms with Crippen LogP contribution in [0.1, 0.15) is 50.3 Å². The summed E-state index contributed by atoms with van der Waals surface area (Å²) in [6, 6.07) is 33.6. The summed E-state index contributed by atoms with van der Waals surface area (Å²) in [5, 5.41) is 7.63. The van der Waals surface area contributed by atoms with Crippen LogP contribution in [-0.4, -0.2) is 4.98 Å². The first-order chi connectivity index (χ1) is 17.4. The molecule has 0 fully saturated rings. The molecule has 174 valence electrons. The van der Waals surface area contributed by atoms with Crippen molar-refractivity contribution < 1.29 is 0 Å². The molecule has 0 atom stereocenters. The van der Waals surface area contributed by atoms with Gasteiger partial charge in [-0.25, -0.2) is 0 Å². The largest absolute Gasteiger partial charge is 0.256 e. The Morgan fingerprint density at radius 3 is 2.19 bits per heavy atom. The molecule has 1 aliphatic carbocycles. The molecule has 0 radical (unpaired) electrons. The maximum absolute atomic E-state index is 4.96. The van der Waals surface area contributed by atoms with E-state index in [1.807, 2.05) is 6.20 Å². The molecule has 0 aliphatic heterocycles. The Hall–Kier alpha value is -3.97. The van der Waals surface area contributed by atoms with Gasteiger partial charge in [-0.3, -0.25) is 4.98 Å². The molecule has 6 aromatic rings. The highest BCUT2D eigenvalue weighted by molar-refractivity contribution is 6.19. The monoisotopic (exact) mass is 463 g/mol. The van der Waals surface area contributed by atoms with Crippen LogP contribution in [0.2, 0.25) is 0 Å². The lowest BCUT2D eigenvalue weighted by molar-refractivity contribution is 0.642. The molecule has 0 spiro atoms. The first-order valence-electron chi connectivity index (χ1n) is 12.9. The zero-order chi connectivity index (χ0) is 24.6. The van der Waals surface area contributed by atoms with E-state index in [0.29, 0.717) is 5.92 Å². The zero-order valence-corrected chi connectivity index (χ0v) is 21.3. The second-order valence-electron chi connectivity index (χ2n) is 11.0. The second-order valence-corrected chi connectivity index (χ2v) is 11.0. The zero-order valence-electron chi connectivity index (χ0n) is 21.3. The molecule has 1 nitrogen and oxygen atoms in total. The van der Waals surface area contributed by atoms with E-state index in [0.717, 1.165) is 5.69 Å². The predicted octanol–water partition coefficient (Wildman–Crippen LogP) is 9.64. The first-order valence-corrected chi connectivity index (χ1v) is 12.9. The molecule has 7 rings (SSSR count). The first kappa shape index (κ1) is 21.3. The minimum absolute atomic E-state index is 0.00645. The maximum Gasteiger partial charge on any atom is 0.0780 e. The van der Waals surface area contributed by atoms with Crippen molar-refractivity contribution in [3.8, 4) is 22.4 Å². The van der Waals surface area contributed by atoms with Crippen molar-refractivity contribution in [3.05, 3.63) is 114 Å². The number of hydrogen-bond acceptors (Lipinski definition) is 1. The van der Waals surface area contributed by atoms with Crippen molar-refractivity contribution in [2.24, 2.45) is 0 Å². The molecule has 1 aliphatic rings. The van der Waals surface area contributed by atoms with Crippen LogP contribution in [0.25, 0.3) is 54.7 Å². The molecule has 1 aromatic heterocycles. The van der Waals surface area contributed by atoms with E-state index in [9.17, 15) is 0 Å². The standard InChI is InChI=1S/C35H29N/c1-21(2)30-19-23(20-31-28-11-7-8-12-32(28)35(3,4)33(30)31)34-29-16-15-25-24-10-6-5-9-22(24)13-14-26(25)27(29)17-18-36-34/h5-21H,1-4H3. The van der Waals surface area contributed by atoms with Gasteiger partial charge in [-0.2, -0.15) is 0 Å². The third-order valence-electron chi connectivity index (χ3n) is 8.25. The fourth-order valence-electron chi connectivity index (χ4n) is 6.55. The van der Waals surface area contributed by atoms with Gasteiger partial charge < -0.3 is 0 Å². The summed E-state index contributed by atoms with van der Waals surface area (Å²) in [5.41, 5.74) is 9.30. The topological polar surface area (TPSA) is 12.9 Å². The fraction of sp³-hybridized carbons (Fsp3) is 0.171. The number of pyridine rings is 1. The van der Waals surface area contributed by atoms with Gasteiger partial charge in [0.15, 0.2) is 0 Å². The molecule has 0 saturated heterocycles. The van der Waals surface area contributed by atoms with Crippen molar-refractivity contribution in [2.45, 2.75) is 39.0 Å². The minimum atomic E-state index is -0.00645. The van der Waals surface area contributed by atoms with Crippen LogP contribution in [-0.2, 0) is 5.41 Å². The van der Waals surface area contributed by atoms with Crippen LogP contribution in [0.5, 0.6) is 0 Å². The number of rotatable bonds is 2. The third kappa shape index (κ3) is 2.86. The summed E-state index contributed by atoms with van der Waals surface area (Å²) in [4.78, 5) is 4.96. The van der Waals surface area contributed by atoms with Crippen molar-refractivity contribution in [3.63, 3.8) is 0 Å². The Labute approximate surface area is 212 Å². The Balaban J connectivity index is 1.53. The molecule has 0 saturated carbocycles. The van der Waals surface area contributed by atoms with Crippen LogP contribution in [0, 0.1) is 0 Å². The molecule has 1 heteroatoms. The molecule has 5 aromatic carbocycles. The van der Waals surface area contributed by atoms with Gasteiger partial charge in [-0.1, -0.05) is 100 Å². The van der Waals surface area contributed by atoms with Crippen LogP contribution >= 0.6 is 0 Å². The lowest BCUT2D eigenvalue weighted by Gasteiger charge is -2.26. The molecule has 36 heavy (non-hydrogen) atoms. The average molecular weight is 464 g/mol. The van der Waals surface area contributed by atoms with E-state index in [2.05, 4.69) is 119 Å². The molecule has 0 amide bonds. The number of benzene rings is 5. The number of fused-ring (bicyclic) bond motifs is 8. The molecular weight excluding hydrogens is 434 g/mol. The summed E-state index contributed by atoms with van der Waals surface area (Å²) in [7, 11) is 0. The van der Waals surface area contributed by atoms with E-state index in [1.165, 1.54) is 65.7 Å². The van der Waals surface area contributed by atoms with E-state index in [1.54, 1.807) is 0 Å². The number of nitrogens with zero attached hydrogens (tertiary/aromatic N) is 1. The smallest absolute Gasteiger partial charge is 0.0780 e. The summed E-state index contributed by atoms with van der Waals surface area (Å²) >= 11 is 0. The SMILES string of the molecule is CC(C)c1cc(-c2nccc3c2ccc2c4ccccc4ccc32)cc2c1C(C)(C)c1ccccc1-2. The maximum atomic E-state index is 4.96. The Kier molecular flexibility index (Phi) is 4.45. The van der Waals surface area contributed by atoms with Gasteiger partial charge in [0.1, 0.15) is 0 Å². The predicted molar refractivity (Wildman–Crippen MR) is 154 cm³/mol. The van der Waals surface area contributed by atoms with Crippen molar-refractivity contribution in [1.82, 2.24) is 4.98 Å². The molecule has 0 unspecified atom stereocenters. The van der Waals surface area contributed by atoms with E-state index >= 15 is 0 Å². The summed E-state index contributed by atoms with van der Waals surface area (Å²) in [6.45, 7) is 9.37. The normalized spacial score (nSPS) is 14.0. The third-order valence-corrected chi connectivity index (χ3v) is 8.25. The van der Waals surface area contributed by atoms with Gasteiger partial charge >= 0.3 is 0 Å². The lowest BCUT2D eigenvalue weighted by atomic mass is 9.77. The molecule has 1 heterocycles. The van der Waals surface area contributed by atoms with Gasteiger partial charge in [0.2, 0.25) is 0 Å².